The van der Waals surface area contributed by atoms with E-state index in [4.69, 9.17) is 4.74 Å². The molecule has 152 valence electrons. The van der Waals surface area contributed by atoms with Crippen LogP contribution in [0.25, 0.3) is 0 Å². The van der Waals surface area contributed by atoms with Gasteiger partial charge in [0, 0.05) is 32.4 Å². The Morgan fingerprint density at radius 2 is 2.21 bits per heavy atom. The molecule has 2 aromatic rings. The highest BCUT2D eigenvalue weighted by Crippen LogP contribution is 2.23. The topological polar surface area (TPSA) is 93.5 Å². The van der Waals surface area contributed by atoms with Crippen LogP contribution in [0.1, 0.15) is 25.3 Å². The van der Waals surface area contributed by atoms with Crippen molar-refractivity contribution in [2.75, 3.05) is 20.2 Å². The van der Waals surface area contributed by atoms with Gasteiger partial charge in [-0.3, -0.25) is 4.79 Å². The van der Waals surface area contributed by atoms with Gasteiger partial charge in [0.2, 0.25) is 5.91 Å². The molecule has 0 unspecified atom stereocenters. The zero-order valence-electron chi connectivity index (χ0n) is 16.2. The number of imidazole rings is 1. The van der Waals surface area contributed by atoms with E-state index in [1.54, 1.807) is 11.7 Å². The lowest BCUT2D eigenvalue weighted by atomic mass is 9.99. The Bertz CT molecular complexity index is 926. The second-order valence-electron chi connectivity index (χ2n) is 6.81. The Kier molecular flexibility index (Phi) is 6.35. The monoisotopic (exact) mass is 406 g/mol. The Hall–Kier alpha value is -2.39. The maximum atomic E-state index is 12.8. The highest BCUT2D eigenvalue weighted by molar-refractivity contribution is 7.89. The average Bonchev–Trinajstić information content (AvgIpc) is 3.22. The lowest BCUT2D eigenvalue weighted by Crippen LogP contribution is -2.45. The largest absolute Gasteiger partial charge is 0.497 e. The Morgan fingerprint density at radius 3 is 2.93 bits per heavy atom. The van der Waals surface area contributed by atoms with Gasteiger partial charge < -0.3 is 14.6 Å². The summed E-state index contributed by atoms with van der Waals surface area (Å²) in [7, 11) is -2.09. The minimum atomic E-state index is -3.69. The van der Waals surface area contributed by atoms with Crippen molar-refractivity contribution in [3.63, 3.8) is 0 Å². The molecule has 1 fully saturated rings. The molecule has 0 radical (unpaired) electrons. The molecule has 1 N–H and O–H groups in total. The van der Waals surface area contributed by atoms with Crippen LogP contribution in [0.5, 0.6) is 5.75 Å². The number of rotatable bonds is 7. The first kappa shape index (κ1) is 20.3. The van der Waals surface area contributed by atoms with E-state index >= 15 is 0 Å². The van der Waals surface area contributed by atoms with Gasteiger partial charge >= 0.3 is 0 Å². The number of ether oxygens (including phenoxy) is 1. The lowest BCUT2D eigenvalue weighted by Gasteiger charge is -2.30. The minimum Gasteiger partial charge on any atom is -0.497 e. The molecule has 2 heterocycles. The summed E-state index contributed by atoms with van der Waals surface area (Å²) in [4.78, 5) is 16.6. The smallest absolute Gasteiger partial charge is 0.262 e. The Labute approximate surface area is 165 Å². The maximum Gasteiger partial charge on any atom is 0.262 e. The summed E-state index contributed by atoms with van der Waals surface area (Å²) in [6, 6.07) is 7.48. The summed E-state index contributed by atoms with van der Waals surface area (Å²) in [5.41, 5.74) is 0.929. The van der Waals surface area contributed by atoms with E-state index in [2.05, 4.69) is 10.3 Å². The predicted octanol–water partition coefficient (Wildman–Crippen LogP) is 1.63. The van der Waals surface area contributed by atoms with Gasteiger partial charge in [-0.05, 0) is 37.5 Å². The van der Waals surface area contributed by atoms with Crippen molar-refractivity contribution in [2.24, 2.45) is 5.92 Å². The van der Waals surface area contributed by atoms with Gasteiger partial charge in [0.1, 0.15) is 5.75 Å². The Balaban J connectivity index is 1.62. The number of amides is 1. The fourth-order valence-electron chi connectivity index (χ4n) is 3.27. The summed E-state index contributed by atoms with van der Waals surface area (Å²) in [6.45, 7) is 3.52. The van der Waals surface area contributed by atoms with Gasteiger partial charge in [0.25, 0.3) is 10.0 Å². The number of sulfonamides is 1. The number of hydrogen-bond donors (Lipinski definition) is 1. The van der Waals surface area contributed by atoms with Gasteiger partial charge in [-0.1, -0.05) is 12.1 Å². The van der Waals surface area contributed by atoms with E-state index in [0.717, 1.165) is 11.3 Å². The number of aromatic nitrogens is 2. The number of carbonyl (C=O) groups excluding carboxylic acids is 1. The van der Waals surface area contributed by atoms with Crippen LogP contribution in [0.15, 0.2) is 41.8 Å². The molecule has 0 spiro atoms. The van der Waals surface area contributed by atoms with Crippen molar-refractivity contribution in [1.82, 2.24) is 19.2 Å². The quantitative estimate of drug-likeness (QED) is 0.754. The number of carbonyl (C=O) groups is 1. The van der Waals surface area contributed by atoms with Gasteiger partial charge in [-0.2, -0.15) is 4.31 Å². The molecule has 9 heteroatoms. The molecule has 1 aromatic heterocycles. The third kappa shape index (κ3) is 4.53. The second-order valence-corrected chi connectivity index (χ2v) is 8.70. The molecule has 1 aliphatic rings. The molecule has 1 atom stereocenters. The minimum absolute atomic E-state index is 0.0341. The number of aryl methyl sites for hydroxylation is 1. The van der Waals surface area contributed by atoms with Crippen molar-refractivity contribution < 1.29 is 17.9 Å². The molecule has 1 aliphatic heterocycles. The molecule has 1 amide bonds. The van der Waals surface area contributed by atoms with Crippen LogP contribution in [0.2, 0.25) is 0 Å². The molecular weight excluding hydrogens is 380 g/mol. The fourth-order valence-corrected chi connectivity index (χ4v) is 4.73. The van der Waals surface area contributed by atoms with E-state index < -0.39 is 10.0 Å². The fraction of sp³-hybridized carbons (Fsp3) is 0.474. The van der Waals surface area contributed by atoms with Gasteiger partial charge in [-0.15, -0.1) is 0 Å². The van der Waals surface area contributed by atoms with E-state index in [1.165, 1.54) is 16.8 Å². The van der Waals surface area contributed by atoms with E-state index in [-0.39, 0.29) is 23.4 Å². The van der Waals surface area contributed by atoms with Crippen molar-refractivity contribution in [2.45, 2.75) is 37.9 Å². The summed E-state index contributed by atoms with van der Waals surface area (Å²) < 4.78 is 34.0. The first-order valence-corrected chi connectivity index (χ1v) is 10.8. The first-order chi connectivity index (χ1) is 13.4. The zero-order chi connectivity index (χ0) is 20.1. The van der Waals surface area contributed by atoms with E-state index in [1.807, 2.05) is 31.2 Å². The van der Waals surface area contributed by atoms with Crippen LogP contribution >= 0.6 is 0 Å². The van der Waals surface area contributed by atoms with Gasteiger partial charge in [0.15, 0.2) is 5.03 Å². The molecule has 0 bridgehead atoms. The molecule has 0 saturated carbocycles. The van der Waals surface area contributed by atoms with Crippen LogP contribution in [-0.4, -0.2) is 48.4 Å². The van der Waals surface area contributed by atoms with E-state index in [0.29, 0.717) is 32.5 Å². The number of nitrogens with zero attached hydrogens (tertiary/aromatic N) is 3. The number of hydrogen-bond acceptors (Lipinski definition) is 5. The van der Waals surface area contributed by atoms with Gasteiger partial charge in [0.05, 0.1) is 19.4 Å². The van der Waals surface area contributed by atoms with Crippen molar-refractivity contribution in [1.29, 1.82) is 0 Å². The third-order valence-corrected chi connectivity index (χ3v) is 6.69. The van der Waals surface area contributed by atoms with Crippen LogP contribution in [0.4, 0.5) is 0 Å². The van der Waals surface area contributed by atoms with Crippen molar-refractivity contribution in [3.8, 4) is 5.75 Å². The molecular formula is C19H26N4O4S. The van der Waals surface area contributed by atoms with E-state index in [9.17, 15) is 13.2 Å². The van der Waals surface area contributed by atoms with Crippen LogP contribution in [0.3, 0.4) is 0 Å². The van der Waals surface area contributed by atoms with Gasteiger partial charge in [-0.25, -0.2) is 13.4 Å². The normalized spacial score (nSPS) is 18.0. The standard InChI is InChI=1S/C19H26N4O4S/c1-3-22-13-18(21-14-22)28(25,26)23-9-5-7-16(12-23)19(24)20-11-15-6-4-8-17(10-15)27-2/h4,6,8,10,13-14,16H,3,5,7,9,11-12H2,1-2H3,(H,20,24)/t16-/m0/s1. The zero-order valence-corrected chi connectivity index (χ0v) is 17.0. The summed E-state index contributed by atoms with van der Waals surface area (Å²) in [5, 5.41) is 2.94. The summed E-state index contributed by atoms with van der Waals surface area (Å²) >= 11 is 0. The number of methoxy groups -OCH3 is 1. The molecule has 3 rings (SSSR count). The molecule has 0 aliphatic carbocycles. The van der Waals surface area contributed by atoms with Crippen LogP contribution < -0.4 is 10.1 Å². The van der Waals surface area contributed by atoms with Crippen molar-refractivity contribution >= 4 is 15.9 Å². The van der Waals surface area contributed by atoms with Crippen molar-refractivity contribution in [3.05, 3.63) is 42.4 Å². The second kappa shape index (κ2) is 8.74. The lowest BCUT2D eigenvalue weighted by molar-refractivity contribution is -0.126. The number of nitrogens with one attached hydrogen (secondary N) is 1. The molecule has 1 saturated heterocycles. The highest BCUT2D eigenvalue weighted by Gasteiger charge is 2.34. The first-order valence-electron chi connectivity index (χ1n) is 9.36. The van der Waals surface area contributed by atoms with Crippen LogP contribution in [-0.2, 0) is 27.9 Å². The average molecular weight is 407 g/mol. The summed E-state index contributed by atoms with van der Waals surface area (Å²) in [6.07, 6.45) is 4.35. The maximum absolute atomic E-state index is 12.8. The number of benzene rings is 1. The summed E-state index contributed by atoms with van der Waals surface area (Å²) in [5.74, 6) is 0.220. The SMILES string of the molecule is CCn1cnc(S(=O)(=O)N2CCC[C@H](C(=O)NCc3cccc(OC)c3)C2)c1. The highest BCUT2D eigenvalue weighted by atomic mass is 32.2. The van der Waals surface area contributed by atoms with Crippen LogP contribution in [0, 0.1) is 5.92 Å². The Morgan fingerprint density at radius 1 is 1.39 bits per heavy atom. The molecule has 8 nitrogen and oxygen atoms in total. The number of piperidine rings is 1. The third-order valence-electron chi connectivity index (χ3n) is 4.93. The molecule has 28 heavy (non-hydrogen) atoms. The molecule has 1 aromatic carbocycles. The predicted molar refractivity (Wildman–Crippen MR) is 104 cm³/mol.